The van der Waals surface area contributed by atoms with Crippen LogP contribution in [-0.2, 0) is 0 Å². The van der Waals surface area contributed by atoms with Gasteiger partial charge in [-0.3, -0.25) is 0 Å². The minimum atomic E-state index is 0.588. The summed E-state index contributed by atoms with van der Waals surface area (Å²) in [6.07, 6.45) is 42.4. The van der Waals surface area contributed by atoms with Crippen LogP contribution in [0.5, 0.6) is 0 Å². The summed E-state index contributed by atoms with van der Waals surface area (Å²) in [6, 6.07) is 0.588. The summed E-state index contributed by atoms with van der Waals surface area (Å²) < 4.78 is 2.53. The summed E-state index contributed by atoms with van der Waals surface area (Å²) in [5.74, 6) is 2.05. The van der Waals surface area contributed by atoms with Crippen molar-refractivity contribution in [3.05, 3.63) is 18.2 Å². The molecule has 0 fully saturated rings. The topological polar surface area (TPSA) is 17.8 Å². The lowest BCUT2D eigenvalue weighted by Crippen LogP contribution is -2.13. The van der Waals surface area contributed by atoms with Crippen molar-refractivity contribution < 1.29 is 0 Å². The number of nitrogens with zero attached hydrogens (tertiary/aromatic N) is 2. The van der Waals surface area contributed by atoms with Gasteiger partial charge in [0.25, 0.3) is 0 Å². The molecule has 2 atom stereocenters. The van der Waals surface area contributed by atoms with Crippen molar-refractivity contribution in [2.75, 3.05) is 0 Å². The molecule has 0 radical (unpaired) electrons. The van der Waals surface area contributed by atoms with Gasteiger partial charge in [0, 0.05) is 24.4 Å². The summed E-state index contributed by atoms with van der Waals surface area (Å²) in [6.45, 7) is 9.33. The van der Waals surface area contributed by atoms with E-state index in [2.05, 4.69) is 44.7 Å². The van der Waals surface area contributed by atoms with Gasteiger partial charge in [-0.05, 0) is 26.2 Å². The van der Waals surface area contributed by atoms with Gasteiger partial charge in [0.1, 0.15) is 5.82 Å². The van der Waals surface area contributed by atoms with Crippen LogP contribution in [-0.4, -0.2) is 9.55 Å². The summed E-state index contributed by atoms with van der Waals surface area (Å²) in [4.78, 5) is 4.93. The number of imidazole rings is 1. The zero-order valence-corrected chi connectivity index (χ0v) is 26.8. The molecule has 0 saturated heterocycles. The third-order valence-electron chi connectivity index (χ3n) is 8.83. The highest BCUT2D eigenvalue weighted by molar-refractivity contribution is 5.02. The molecule has 1 rings (SSSR count). The number of hydrogen-bond donors (Lipinski definition) is 0. The van der Waals surface area contributed by atoms with E-state index < -0.39 is 0 Å². The first-order valence-electron chi connectivity index (χ1n) is 17.8. The van der Waals surface area contributed by atoms with Crippen molar-refractivity contribution in [1.29, 1.82) is 0 Å². The van der Waals surface area contributed by atoms with Crippen LogP contribution < -0.4 is 0 Å². The second-order valence-corrected chi connectivity index (χ2v) is 12.5. The van der Waals surface area contributed by atoms with Gasteiger partial charge in [0.2, 0.25) is 0 Å². The molecule has 2 unspecified atom stereocenters. The fourth-order valence-electron chi connectivity index (χ4n) is 6.16. The Kier molecular flexibility index (Phi) is 24.5. The van der Waals surface area contributed by atoms with E-state index in [0.29, 0.717) is 12.0 Å². The third-order valence-corrected chi connectivity index (χ3v) is 8.83. The van der Waals surface area contributed by atoms with E-state index in [0.717, 1.165) is 0 Å². The lowest BCUT2D eigenvalue weighted by molar-refractivity contribution is 0.417. The minimum Gasteiger partial charge on any atom is -0.332 e. The van der Waals surface area contributed by atoms with Crippen molar-refractivity contribution in [1.82, 2.24) is 9.55 Å². The molecule has 0 spiro atoms. The van der Waals surface area contributed by atoms with Gasteiger partial charge in [-0.1, -0.05) is 175 Å². The maximum Gasteiger partial charge on any atom is 0.111 e. The maximum atomic E-state index is 4.93. The average molecular weight is 531 g/mol. The van der Waals surface area contributed by atoms with E-state index in [1.54, 1.807) is 0 Å². The molecule has 2 heteroatoms. The zero-order valence-electron chi connectivity index (χ0n) is 26.8. The number of aromatic nitrogens is 2. The molecule has 0 aliphatic heterocycles. The van der Waals surface area contributed by atoms with E-state index >= 15 is 0 Å². The van der Waals surface area contributed by atoms with Crippen LogP contribution >= 0.6 is 0 Å². The molecule has 38 heavy (non-hydrogen) atoms. The largest absolute Gasteiger partial charge is 0.332 e. The lowest BCUT2D eigenvalue weighted by Gasteiger charge is -2.22. The molecule has 1 aromatic heterocycles. The zero-order chi connectivity index (χ0) is 27.5. The highest BCUT2D eigenvalue weighted by Gasteiger charge is 2.19. The lowest BCUT2D eigenvalue weighted by atomic mass is 9.93. The van der Waals surface area contributed by atoms with Crippen molar-refractivity contribution in [3.8, 4) is 0 Å². The van der Waals surface area contributed by atoms with Crippen LogP contribution in [0.2, 0.25) is 0 Å². The average Bonchev–Trinajstić information content (AvgIpc) is 3.42. The number of hydrogen-bond acceptors (Lipinski definition) is 1. The SMILES string of the molecule is CCCCCCCCCCCCCCCCCCC(CCCCCCCC)c1nccn1C(C)CCCC. The fraction of sp³-hybridized carbons (Fsp3) is 0.917. The predicted molar refractivity (Wildman–Crippen MR) is 171 cm³/mol. The Balaban J connectivity index is 2.23. The highest BCUT2D eigenvalue weighted by Crippen LogP contribution is 2.30. The Hall–Kier alpha value is -0.790. The second-order valence-electron chi connectivity index (χ2n) is 12.5. The first-order valence-corrected chi connectivity index (χ1v) is 17.8. The molecule has 1 aromatic rings. The molecule has 1 heterocycles. The second kappa shape index (κ2) is 26.4. The quantitative estimate of drug-likeness (QED) is 0.0941. The van der Waals surface area contributed by atoms with Crippen LogP contribution in [0.4, 0.5) is 0 Å². The van der Waals surface area contributed by atoms with Crippen LogP contribution in [0, 0.1) is 0 Å². The van der Waals surface area contributed by atoms with Gasteiger partial charge in [-0.2, -0.15) is 0 Å². The maximum absolute atomic E-state index is 4.93. The molecule has 0 amide bonds. The number of rotatable bonds is 29. The Labute approximate surface area is 240 Å². The van der Waals surface area contributed by atoms with Crippen molar-refractivity contribution in [2.24, 2.45) is 0 Å². The standard InChI is InChI=1S/C36H70N2/c1-5-8-11-13-15-16-17-18-19-20-21-22-23-24-26-28-31-35(30-27-25-14-12-9-6-2)36-37-32-33-38(36)34(4)29-10-7-3/h32-35H,5-31H2,1-4H3. The Morgan fingerprint density at radius 1 is 0.500 bits per heavy atom. The van der Waals surface area contributed by atoms with Crippen LogP contribution in [0.3, 0.4) is 0 Å². The van der Waals surface area contributed by atoms with Gasteiger partial charge >= 0.3 is 0 Å². The molecule has 0 aromatic carbocycles. The van der Waals surface area contributed by atoms with E-state index in [-0.39, 0.29) is 0 Å². The number of unbranched alkanes of at least 4 members (excludes halogenated alkanes) is 21. The normalized spacial score (nSPS) is 13.3. The summed E-state index contributed by atoms with van der Waals surface area (Å²) >= 11 is 0. The van der Waals surface area contributed by atoms with Gasteiger partial charge in [0.15, 0.2) is 0 Å². The molecule has 0 aliphatic rings. The predicted octanol–water partition coefficient (Wildman–Crippen LogP) is 13.1. The highest BCUT2D eigenvalue weighted by atomic mass is 15.1. The molecule has 0 N–H and O–H groups in total. The molecule has 2 nitrogen and oxygen atoms in total. The van der Waals surface area contributed by atoms with E-state index in [4.69, 9.17) is 4.98 Å². The first-order chi connectivity index (χ1) is 18.7. The summed E-state index contributed by atoms with van der Waals surface area (Å²) in [5.41, 5.74) is 0. The van der Waals surface area contributed by atoms with E-state index in [9.17, 15) is 0 Å². The summed E-state index contributed by atoms with van der Waals surface area (Å²) in [7, 11) is 0. The van der Waals surface area contributed by atoms with Crippen molar-refractivity contribution >= 4 is 0 Å². The van der Waals surface area contributed by atoms with E-state index in [1.807, 2.05) is 0 Å². The molecule has 0 saturated carbocycles. The Morgan fingerprint density at radius 3 is 1.26 bits per heavy atom. The molecule has 0 bridgehead atoms. The van der Waals surface area contributed by atoms with Crippen LogP contribution in [0.25, 0.3) is 0 Å². The Morgan fingerprint density at radius 2 is 0.868 bits per heavy atom. The van der Waals surface area contributed by atoms with Gasteiger partial charge in [-0.15, -0.1) is 0 Å². The first kappa shape index (κ1) is 35.2. The van der Waals surface area contributed by atoms with Crippen molar-refractivity contribution in [3.63, 3.8) is 0 Å². The van der Waals surface area contributed by atoms with Gasteiger partial charge in [0.05, 0.1) is 0 Å². The minimum absolute atomic E-state index is 0.588. The third kappa shape index (κ3) is 18.5. The monoisotopic (exact) mass is 531 g/mol. The molecular formula is C36H70N2. The summed E-state index contributed by atoms with van der Waals surface area (Å²) in [5, 5.41) is 0. The fourth-order valence-corrected chi connectivity index (χ4v) is 6.16. The van der Waals surface area contributed by atoms with Gasteiger partial charge < -0.3 is 4.57 Å². The van der Waals surface area contributed by atoms with Crippen molar-refractivity contribution in [2.45, 2.75) is 213 Å². The van der Waals surface area contributed by atoms with Gasteiger partial charge in [-0.25, -0.2) is 4.98 Å². The molecular weight excluding hydrogens is 460 g/mol. The molecule has 224 valence electrons. The molecule has 0 aliphatic carbocycles. The van der Waals surface area contributed by atoms with Crippen LogP contribution in [0.1, 0.15) is 219 Å². The Bertz CT molecular complexity index is 592. The van der Waals surface area contributed by atoms with Crippen LogP contribution in [0.15, 0.2) is 12.4 Å². The van der Waals surface area contributed by atoms with E-state index in [1.165, 1.54) is 179 Å². The smallest absolute Gasteiger partial charge is 0.111 e.